The first-order chi connectivity index (χ1) is 17.1. The number of para-hydroxylation sites is 1. The zero-order valence-electron chi connectivity index (χ0n) is 19.8. The average molecular weight is 476 g/mol. The van der Waals surface area contributed by atoms with Crippen molar-refractivity contribution in [3.8, 4) is 5.75 Å². The Morgan fingerprint density at radius 1 is 1.00 bits per heavy atom. The third kappa shape index (κ3) is 4.90. The molecule has 0 saturated carbocycles. The Morgan fingerprint density at radius 3 is 2.49 bits per heavy atom. The number of benzene rings is 2. The topological polar surface area (TPSA) is 89.8 Å². The number of carbonyl (C=O) groups excluding carboxylic acids is 2. The summed E-state index contributed by atoms with van der Waals surface area (Å²) in [6.45, 7) is 2.76. The van der Waals surface area contributed by atoms with Gasteiger partial charge in [0, 0.05) is 32.6 Å². The van der Waals surface area contributed by atoms with Crippen molar-refractivity contribution in [1.82, 2.24) is 24.8 Å². The number of aryl methyl sites for hydroxylation is 1. The quantitative estimate of drug-likeness (QED) is 0.544. The van der Waals surface area contributed by atoms with Gasteiger partial charge in [-0.15, -0.1) is 5.10 Å². The van der Waals surface area contributed by atoms with Crippen LogP contribution in [0.4, 0.5) is 0 Å². The van der Waals surface area contributed by atoms with Gasteiger partial charge >= 0.3 is 0 Å². The molecular weight excluding hydrogens is 446 g/mol. The van der Waals surface area contributed by atoms with Crippen molar-refractivity contribution in [3.05, 3.63) is 77.1 Å². The molecule has 9 heteroatoms. The van der Waals surface area contributed by atoms with Gasteiger partial charge in [-0.1, -0.05) is 53.7 Å². The number of rotatable bonds is 6. The Labute approximate surface area is 204 Å². The lowest BCUT2D eigenvalue weighted by Crippen LogP contribution is -2.50. The van der Waals surface area contributed by atoms with Crippen LogP contribution in [0.2, 0.25) is 0 Å². The van der Waals surface area contributed by atoms with E-state index >= 15 is 0 Å². The van der Waals surface area contributed by atoms with Crippen molar-refractivity contribution >= 4 is 11.8 Å². The van der Waals surface area contributed by atoms with Gasteiger partial charge in [-0.25, -0.2) is 4.68 Å². The fraction of sp³-hybridized carbons (Fsp3) is 0.385. The molecule has 2 aromatic carbocycles. The summed E-state index contributed by atoms with van der Waals surface area (Å²) >= 11 is 0. The maximum absolute atomic E-state index is 13.2. The van der Waals surface area contributed by atoms with E-state index in [0.717, 1.165) is 16.9 Å². The van der Waals surface area contributed by atoms with Crippen LogP contribution in [-0.2, 0) is 29.1 Å². The number of aromatic nitrogens is 3. The second-order valence-corrected chi connectivity index (χ2v) is 8.76. The number of amides is 2. The predicted molar refractivity (Wildman–Crippen MR) is 128 cm³/mol. The lowest BCUT2D eigenvalue weighted by molar-refractivity contribution is -0.132. The van der Waals surface area contributed by atoms with Crippen molar-refractivity contribution in [3.63, 3.8) is 0 Å². The Kier molecular flexibility index (Phi) is 6.76. The minimum absolute atomic E-state index is 0.0874. The zero-order chi connectivity index (χ0) is 24.2. The number of carbonyl (C=O) groups is 2. The number of nitrogens with zero attached hydrogens (tertiary/aromatic N) is 5. The van der Waals surface area contributed by atoms with Gasteiger partial charge in [-0.3, -0.25) is 9.59 Å². The van der Waals surface area contributed by atoms with Gasteiger partial charge in [0.2, 0.25) is 5.91 Å². The standard InChI is InChI=1S/C26H29N5O4/c1-34-22-10-6-5-9-20(22)11-12-24(32)29-13-15-30(16-14-29)26(33)25-21-18-35-23(17-31(21)28-27-25)19-7-3-2-4-8-19/h2-10,23H,11-18H2,1H3/t23-/m1/s1. The molecule has 182 valence electrons. The minimum Gasteiger partial charge on any atom is -0.496 e. The Bertz CT molecular complexity index is 1190. The Hall–Kier alpha value is -3.72. The second kappa shape index (κ2) is 10.3. The molecule has 3 aromatic rings. The SMILES string of the molecule is COc1ccccc1CCC(=O)N1CCN(C(=O)c2nnn3c2CO[C@@H](c2ccccc2)C3)CC1. The molecule has 5 rings (SSSR count). The summed E-state index contributed by atoms with van der Waals surface area (Å²) in [5.41, 5.74) is 3.14. The largest absolute Gasteiger partial charge is 0.496 e. The molecule has 1 saturated heterocycles. The number of hydrogen-bond acceptors (Lipinski definition) is 6. The molecule has 9 nitrogen and oxygen atoms in total. The highest BCUT2D eigenvalue weighted by Crippen LogP contribution is 2.27. The molecule has 35 heavy (non-hydrogen) atoms. The van der Waals surface area contributed by atoms with E-state index in [0.29, 0.717) is 57.0 Å². The molecule has 1 fully saturated rings. The van der Waals surface area contributed by atoms with Crippen LogP contribution < -0.4 is 4.74 Å². The van der Waals surface area contributed by atoms with Crippen LogP contribution in [0.15, 0.2) is 54.6 Å². The van der Waals surface area contributed by atoms with Crippen molar-refractivity contribution in [2.45, 2.75) is 32.1 Å². The van der Waals surface area contributed by atoms with Crippen molar-refractivity contribution in [2.75, 3.05) is 33.3 Å². The van der Waals surface area contributed by atoms with Crippen LogP contribution in [0.1, 0.15) is 39.8 Å². The van der Waals surface area contributed by atoms with Crippen LogP contribution in [0, 0.1) is 0 Å². The first-order valence-corrected chi connectivity index (χ1v) is 11.9. The van der Waals surface area contributed by atoms with E-state index in [1.807, 2.05) is 59.5 Å². The van der Waals surface area contributed by atoms with E-state index in [-0.39, 0.29) is 24.5 Å². The maximum atomic E-state index is 13.2. The molecule has 0 aliphatic carbocycles. The lowest BCUT2D eigenvalue weighted by Gasteiger charge is -2.34. The predicted octanol–water partition coefficient (Wildman–Crippen LogP) is 2.48. The number of fused-ring (bicyclic) bond motifs is 1. The highest BCUT2D eigenvalue weighted by Gasteiger charge is 2.32. The van der Waals surface area contributed by atoms with Gasteiger partial charge in [0.1, 0.15) is 11.9 Å². The van der Waals surface area contributed by atoms with Crippen LogP contribution in [0.3, 0.4) is 0 Å². The summed E-state index contributed by atoms with van der Waals surface area (Å²) in [6.07, 6.45) is 0.921. The molecule has 3 heterocycles. The summed E-state index contributed by atoms with van der Waals surface area (Å²) in [4.78, 5) is 29.5. The highest BCUT2D eigenvalue weighted by atomic mass is 16.5. The summed E-state index contributed by atoms with van der Waals surface area (Å²) < 4.78 is 13.2. The maximum Gasteiger partial charge on any atom is 0.276 e. The van der Waals surface area contributed by atoms with Crippen LogP contribution in [0.5, 0.6) is 5.75 Å². The second-order valence-electron chi connectivity index (χ2n) is 8.76. The van der Waals surface area contributed by atoms with Crippen LogP contribution in [-0.4, -0.2) is 69.9 Å². The lowest BCUT2D eigenvalue weighted by atomic mass is 10.1. The Balaban J connectivity index is 1.15. The van der Waals surface area contributed by atoms with Crippen LogP contribution in [0.25, 0.3) is 0 Å². The molecule has 0 unspecified atom stereocenters. The average Bonchev–Trinajstić information content (AvgIpc) is 3.35. The molecule has 2 aliphatic rings. The number of piperazine rings is 1. The Morgan fingerprint density at radius 2 is 1.71 bits per heavy atom. The molecule has 0 radical (unpaired) electrons. The molecule has 2 aliphatic heterocycles. The normalized spacial score (nSPS) is 17.7. The van der Waals surface area contributed by atoms with Crippen molar-refractivity contribution < 1.29 is 19.1 Å². The van der Waals surface area contributed by atoms with E-state index < -0.39 is 0 Å². The fourth-order valence-electron chi connectivity index (χ4n) is 4.66. The zero-order valence-corrected chi connectivity index (χ0v) is 19.8. The van der Waals surface area contributed by atoms with E-state index in [1.165, 1.54) is 0 Å². The molecule has 1 atom stereocenters. The smallest absolute Gasteiger partial charge is 0.276 e. The van der Waals surface area contributed by atoms with Crippen molar-refractivity contribution in [1.29, 1.82) is 0 Å². The van der Waals surface area contributed by atoms with Gasteiger partial charge in [-0.2, -0.15) is 0 Å². The number of ether oxygens (including phenoxy) is 2. The highest BCUT2D eigenvalue weighted by molar-refractivity contribution is 5.93. The minimum atomic E-state index is -0.158. The summed E-state index contributed by atoms with van der Waals surface area (Å²) in [5.74, 6) is 0.727. The summed E-state index contributed by atoms with van der Waals surface area (Å²) in [5, 5.41) is 8.41. The third-order valence-corrected chi connectivity index (χ3v) is 6.69. The van der Waals surface area contributed by atoms with E-state index in [4.69, 9.17) is 9.47 Å². The molecule has 0 N–H and O–H groups in total. The molecule has 0 bridgehead atoms. The molecule has 1 aromatic heterocycles. The van der Waals surface area contributed by atoms with Gasteiger partial charge in [-0.05, 0) is 23.6 Å². The van der Waals surface area contributed by atoms with E-state index in [9.17, 15) is 9.59 Å². The van der Waals surface area contributed by atoms with Gasteiger partial charge in [0.25, 0.3) is 5.91 Å². The fourth-order valence-corrected chi connectivity index (χ4v) is 4.66. The van der Waals surface area contributed by atoms with Gasteiger partial charge < -0.3 is 19.3 Å². The van der Waals surface area contributed by atoms with Gasteiger partial charge in [0.05, 0.1) is 26.0 Å². The van der Waals surface area contributed by atoms with Gasteiger partial charge in [0.15, 0.2) is 5.69 Å². The molecular formula is C26H29N5O4. The van der Waals surface area contributed by atoms with E-state index in [1.54, 1.807) is 16.7 Å². The summed E-state index contributed by atoms with van der Waals surface area (Å²) in [6, 6.07) is 17.7. The first-order valence-electron chi connectivity index (χ1n) is 11.9. The number of hydrogen-bond donors (Lipinski definition) is 0. The molecule has 0 spiro atoms. The first kappa shape index (κ1) is 23.0. The molecule has 2 amide bonds. The number of methoxy groups -OCH3 is 1. The van der Waals surface area contributed by atoms with Crippen molar-refractivity contribution in [2.24, 2.45) is 0 Å². The third-order valence-electron chi connectivity index (χ3n) is 6.69. The summed E-state index contributed by atoms with van der Waals surface area (Å²) in [7, 11) is 1.64. The van der Waals surface area contributed by atoms with E-state index in [2.05, 4.69) is 10.3 Å². The monoisotopic (exact) mass is 475 g/mol. The van der Waals surface area contributed by atoms with Crippen LogP contribution >= 0.6 is 0 Å².